The fourth-order valence-electron chi connectivity index (χ4n) is 2.62. The minimum absolute atomic E-state index is 0.0792. The van der Waals surface area contributed by atoms with Crippen molar-refractivity contribution in [3.8, 4) is 0 Å². The zero-order chi connectivity index (χ0) is 16.0. The first-order chi connectivity index (χ1) is 9.77. The molecule has 5 nitrogen and oxygen atoms in total. The summed E-state index contributed by atoms with van der Waals surface area (Å²) in [6.45, 7) is 8.99. The Balaban J connectivity index is 2.72. The molecule has 2 atom stereocenters. The SMILES string of the molecule is CCOC(=O)C(C(=O)N(C)CC1CCCCO1)C(C)(C)C. The molecule has 0 radical (unpaired) electrons. The van der Waals surface area contributed by atoms with Crippen molar-refractivity contribution < 1.29 is 19.1 Å². The number of hydrogen-bond donors (Lipinski definition) is 0. The van der Waals surface area contributed by atoms with E-state index in [1.165, 1.54) is 0 Å². The second kappa shape index (κ2) is 7.78. The number of amides is 1. The first-order valence-electron chi connectivity index (χ1n) is 7.80. The molecule has 5 heteroatoms. The minimum atomic E-state index is -0.772. The number of likely N-dealkylation sites (N-methyl/N-ethyl adjacent to an activating group) is 1. The fraction of sp³-hybridized carbons (Fsp3) is 0.875. The second-order valence-corrected chi connectivity index (χ2v) is 6.76. The Kier molecular flexibility index (Phi) is 6.65. The van der Waals surface area contributed by atoms with Crippen molar-refractivity contribution in [2.24, 2.45) is 11.3 Å². The number of nitrogens with zero attached hydrogens (tertiary/aromatic N) is 1. The van der Waals surface area contributed by atoms with Gasteiger partial charge in [0.05, 0.1) is 12.7 Å². The summed E-state index contributed by atoms with van der Waals surface area (Å²) in [6.07, 6.45) is 3.27. The molecular weight excluding hydrogens is 270 g/mol. The topological polar surface area (TPSA) is 55.8 Å². The summed E-state index contributed by atoms with van der Waals surface area (Å²) in [5, 5.41) is 0. The molecule has 122 valence electrons. The summed E-state index contributed by atoms with van der Waals surface area (Å²) in [7, 11) is 1.73. The minimum Gasteiger partial charge on any atom is -0.465 e. The highest BCUT2D eigenvalue weighted by Gasteiger charge is 2.40. The number of ether oxygens (including phenoxy) is 2. The van der Waals surface area contributed by atoms with Gasteiger partial charge in [-0.1, -0.05) is 20.8 Å². The van der Waals surface area contributed by atoms with E-state index in [2.05, 4.69) is 0 Å². The fourth-order valence-corrected chi connectivity index (χ4v) is 2.62. The van der Waals surface area contributed by atoms with Crippen molar-refractivity contribution in [2.75, 3.05) is 26.8 Å². The Bertz CT molecular complexity index is 356. The predicted molar refractivity (Wildman–Crippen MR) is 80.8 cm³/mol. The highest BCUT2D eigenvalue weighted by atomic mass is 16.5. The smallest absolute Gasteiger partial charge is 0.319 e. The van der Waals surface area contributed by atoms with Crippen molar-refractivity contribution >= 4 is 11.9 Å². The largest absolute Gasteiger partial charge is 0.465 e. The van der Waals surface area contributed by atoms with Crippen LogP contribution in [0.25, 0.3) is 0 Å². The maximum absolute atomic E-state index is 12.6. The van der Waals surface area contributed by atoms with Crippen LogP contribution in [0.3, 0.4) is 0 Å². The molecule has 1 rings (SSSR count). The molecule has 2 unspecified atom stereocenters. The Morgan fingerprint density at radius 3 is 2.48 bits per heavy atom. The van der Waals surface area contributed by atoms with E-state index in [1.807, 2.05) is 20.8 Å². The van der Waals surface area contributed by atoms with Crippen LogP contribution in [0, 0.1) is 11.3 Å². The molecule has 1 saturated heterocycles. The van der Waals surface area contributed by atoms with Crippen LogP contribution in [-0.2, 0) is 19.1 Å². The van der Waals surface area contributed by atoms with E-state index in [0.717, 1.165) is 25.9 Å². The lowest BCUT2D eigenvalue weighted by atomic mass is 9.79. The van der Waals surface area contributed by atoms with Crippen LogP contribution in [0.2, 0.25) is 0 Å². The maximum atomic E-state index is 12.6. The number of esters is 1. The van der Waals surface area contributed by atoms with Gasteiger partial charge in [0.25, 0.3) is 0 Å². The number of rotatable bonds is 5. The van der Waals surface area contributed by atoms with E-state index in [0.29, 0.717) is 6.54 Å². The van der Waals surface area contributed by atoms with E-state index >= 15 is 0 Å². The van der Waals surface area contributed by atoms with Crippen molar-refractivity contribution in [1.82, 2.24) is 4.90 Å². The average molecular weight is 299 g/mol. The van der Waals surface area contributed by atoms with Crippen LogP contribution in [0.15, 0.2) is 0 Å². The molecule has 0 aromatic rings. The lowest BCUT2D eigenvalue weighted by Crippen LogP contribution is -2.47. The second-order valence-electron chi connectivity index (χ2n) is 6.76. The molecule has 1 heterocycles. The summed E-state index contributed by atoms with van der Waals surface area (Å²) in [5.41, 5.74) is -0.467. The van der Waals surface area contributed by atoms with Crippen LogP contribution >= 0.6 is 0 Å². The number of carbonyl (C=O) groups excluding carboxylic acids is 2. The van der Waals surface area contributed by atoms with E-state index in [1.54, 1.807) is 18.9 Å². The quantitative estimate of drug-likeness (QED) is 0.577. The van der Waals surface area contributed by atoms with E-state index in [9.17, 15) is 9.59 Å². The van der Waals surface area contributed by atoms with Crippen LogP contribution < -0.4 is 0 Å². The van der Waals surface area contributed by atoms with Gasteiger partial charge < -0.3 is 14.4 Å². The van der Waals surface area contributed by atoms with Crippen molar-refractivity contribution in [3.05, 3.63) is 0 Å². The Morgan fingerprint density at radius 1 is 1.33 bits per heavy atom. The third-order valence-corrected chi connectivity index (χ3v) is 3.76. The molecule has 1 aliphatic rings. The third-order valence-electron chi connectivity index (χ3n) is 3.76. The summed E-state index contributed by atoms with van der Waals surface area (Å²) in [6, 6.07) is 0. The standard InChI is InChI=1S/C16H29NO4/c1-6-20-15(19)13(16(2,3)4)14(18)17(5)11-12-9-7-8-10-21-12/h12-13H,6-11H2,1-5H3. The molecule has 0 saturated carbocycles. The summed E-state index contributed by atoms with van der Waals surface area (Å²) >= 11 is 0. The van der Waals surface area contributed by atoms with Gasteiger partial charge in [0.2, 0.25) is 5.91 Å². The molecule has 21 heavy (non-hydrogen) atoms. The molecule has 1 fully saturated rings. The van der Waals surface area contributed by atoms with Crippen LogP contribution in [0.4, 0.5) is 0 Å². The molecule has 0 bridgehead atoms. The molecule has 1 aliphatic heterocycles. The van der Waals surface area contributed by atoms with Gasteiger partial charge in [-0.15, -0.1) is 0 Å². The third kappa shape index (κ3) is 5.30. The summed E-state index contributed by atoms with van der Waals surface area (Å²) in [5.74, 6) is -1.40. The van der Waals surface area contributed by atoms with E-state index in [4.69, 9.17) is 9.47 Å². The zero-order valence-corrected chi connectivity index (χ0v) is 14.0. The maximum Gasteiger partial charge on any atom is 0.319 e. The molecule has 0 N–H and O–H groups in total. The molecule has 0 aromatic heterocycles. The number of carbonyl (C=O) groups is 2. The van der Waals surface area contributed by atoms with Gasteiger partial charge in [0, 0.05) is 20.2 Å². The normalized spacial score (nSPS) is 20.7. The van der Waals surface area contributed by atoms with Crippen molar-refractivity contribution in [3.63, 3.8) is 0 Å². The first-order valence-corrected chi connectivity index (χ1v) is 7.80. The average Bonchev–Trinajstić information content (AvgIpc) is 2.38. The molecule has 0 aromatic carbocycles. The first kappa shape index (κ1) is 18.0. The van der Waals surface area contributed by atoms with Crippen LogP contribution in [0.1, 0.15) is 47.0 Å². The number of hydrogen-bond acceptors (Lipinski definition) is 4. The lowest BCUT2D eigenvalue weighted by Gasteiger charge is -2.33. The van der Waals surface area contributed by atoms with Gasteiger partial charge in [-0.05, 0) is 31.6 Å². The zero-order valence-electron chi connectivity index (χ0n) is 14.0. The highest BCUT2D eigenvalue weighted by molar-refractivity contribution is 5.98. The Labute approximate surface area is 128 Å². The molecule has 0 spiro atoms. The van der Waals surface area contributed by atoms with Gasteiger partial charge >= 0.3 is 5.97 Å². The van der Waals surface area contributed by atoms with Gasteiger partial charge in [0.1, 0.15) is 5.92 Å². The summed E-state index contributed by atoms with van der Waals surface area (Å²) in [4.78, 5) is 26.4. The van der Waals surface area contributed by atoms with E-state index < -0.39 is 17.3 Å². The highest BCUT2D eigenvalue weighted by Crippen LogP contribution is 2.29. The Hall–Kier alpha value is -1.10. The predicted octanol–water partition coefficient (Wildman–Crippen LogP) is 2.24. The Morgan fingerprint density at radius 2 is 2.00 bits per heavy atom. The molecular formula is C16H29NO4. The monoisotopic (exact) mass is 299 g/mol. The summed E-state index contributed by atoms with van der Waals surface area (Å²) < 4.78 is 10.7. The lowest BCUT2D eigenvalue weighted by molar-refractivity contribution is -0.160. The van der Waals surface area contributed by atoms with Gasteiger partial charge in [-0.3, -0.25) is 9.59 Å². The van der Waals surface area contributed by atoms with Crippen molar-refractivity contribution in [1.29, 1.82) is 0 Å². The molecule has 1 amide bonds. The van der Waals surface area contributed by atoms with Crippen LogP contribution in [0.5, 0.6) is 0 Å². The van der Waals surface area contributed by atoms with Crippen LogP contribution in [-0.4, -0.2) is 49.7 Å². The van der Waals surface area contributed by atoms with Gasteiger partial charge in [-0.2, -0.15) is 0 Å². The van der Waals surface area contributed by atoms with Gasteiger partial charge in [0.15, 0.2) is 0 Å². The van der Waals surface area contributed by atoms with Gasteiger partial charge in [-0.25, -0.2) is 0 Å². The molecule has 0 aliphatic carbocycles. The van der Waals surface area contributed by atoms with Crippen molar-refractivity contribution in [2.45, 2.75) is 53.1 Å². The van der Waals surface area contributed by atoms with E-state index in [-0.39, 0.29) is 18.6 Å².